The van der Waals surface area contributed by atoms with Crippen LogP contribution in [0.2, 0.25) is 4.34 Å². The van der Waals surface area contributed by atoms with Crippen LogP contribution in [-0.4, -0.2) is 40.0 Å². The molecule has 4 rings (SSSR count). The lowest BCUT2D eigenvalue weighted by Crippen LogP contribution is -2.41. The first kappa shape index (κ1) is 26.3. The van der Waals surface area contributed by atoms with Gasteiger partial charge in [0, 0.05) is 35.6 Å². The van der Waals surface area contributed by atoms with Gasteiger partial charge in [0.05, 0.1) is 18.0 Å². The second-order valence-electron chi connectivity index (χ2n) is 9.54. The molecule has 1 amide bonds. The number of nitrogens with zero attached hydrogens (tertiary/aromatic N) is 3. The minimum atomic E-state index is -4.65. The standard InChI is InChI=1S/C25H27ClF3N3O3S/c1-6-32-12-19(22(30-32)25(27,28)29)16-9-14(34-5)7-8-15(16)18-11-31(23(33)35-24(2,3)4)13-20-17(18)10-21(26)36-20/h7-10,12,18H,6,11,13H2,1-5H3. The molecule has 1 aromatic carbocycles. The molecule has 36 heavy (non-hydrogen) atoms. The Morgan fingerprint density at radius 1 is 1.19 bits per heavy atom. The predicted molar refractivity (Wildman–Crippen MR) is 133 cm³/mol. The van der Waals surface area contributed by atoms with E-state index in [0.29, 0.717) is 27.8 Å². The normalized spacial score (nSPS) is 16.1. The maximum absolute atomic E-state index is 14.0. The largest absolute Gasteiger partial charge is 0.497 e. The molecular weight excluding hydrogens is 515 g/mol. The van der Waals surface area contributed by atoms with Crippen molar-refractivity contribution in [3.8, 4) is 16.9 Å². The van der Waals surface area contributed by atoms with Crippen molar-refractivity contribution in [3.63, 3.8) is 0 Å². The van der Waals surface area contributed by atoms with E-state index >= 15 is 0 Å². The van der Waals surface area contributed by atoms with E-state index in [4.69, 9.17) is 21.1 Å². The van der Waals surface area contributed by atoms with Crippen molar-refractivity contribution < 1.29 is 27.4 Å². The third kappa shape index (κ3) is 5.34. The number of carbonyl (C=O) groups is 1. The van der Waals surface area contributed by atoms with Gasteiger partial charge >= 0.3 is 12.3 Å². The summed E-state index contributed by atoms with van der Waals surface area (Å²) in [6, 6.07) is 6.86. The van der Waals surface area contributed by atoms with Crippen molar-refractivity contribution >= 4 is 29.0 Å². The predicted octanol–water partition coefficient (Wildman–Crippen LogP) is 7.19. The van der Waals surface area contributed by atoms with Crippen LogP contribution in [0.1, 0.15) is 55.3 Å². The van der Waals surface area contributed by atoms with Crippen molar-refractivity contribution in [2.75, 3.05) is 13.7 Å². The zero-order chi connectivity index (χ0) is 26.4. The molecule has 1 atom stereocenters. The van der Waals surface area contributed by atoms with Gasteiger partial charge in [-0.15, -0.1) is 11.3 Å². The monoisotopic (exact) mass is 541 g/mol. The molecule has 3 aromatic rings. The maximum Gasteiger partial charge on any atom is 0.435 e. The molecule has 0 N–H and O–H groups in total. The van der Waals surface area contributed by atoms with Crippen LogP contribution in [0.25, 0.3) is 11.1 Å². The second kappa shape index (κ2) is 9.63. The third-order valence-electron chi connectivity index (χ3n) is 5.86. The highest BCUT2D eigenvalue weighted by atomic mass is 35.5. The Labute approximate surface area is 216 Å². The van der Waals surface area contributed by atoms with Gasteiger partial charge in [0.1, 0.15) is 11.4 Å². The second-order valence-corrected chi connectivity index (χ2v) is 11.3. The summed E-state index contributed by atoms with van der Waals surface area (Å²) in [6.07, 6.45) is -3.74. The number of thiophene rings is 1. The Morgan fingerprint density at radius 2 is 1.92 bits per heavy atom. The summed E-state index contributed by atoms with van der Waals surface area (Å²) in [7, 11) is 1.46. The molecule has 0 spiro atoms. The number of aryl methyl sites for hydroxylation is 1. The smallest absolute Gasteiger partial charge is 0.435 e. The summed E-state index contributed by atoms with van der Waals surface area (Å²) in [5.74, 6) is -0.0218. The van der Waals surface area contributed by atoms with Crippen LogP contribution < -0.4 is 4.74 Å². The molecule has 11 heteroatoms. The van der Waals surface area contributed by atoms with Gasteiger partial charge in [-0.1, -0.05) is 17.7 Å². The van der Waals surface area contributed by atoms with E-state index in [9.17, 15) is 18.0 Å². The summed E-state index contributed by atoms with van der Waals surface area (Å²) >= 11 is 7.70. The van der Waals surface area contributed by atoms with Crippen LogP contribution in [0.5, 0.6) is 5.75 Å². The molecule has 3 heterocycles. The first-order valence-electron chi connectivity index (χ1n) is 11.4. The third-order valence-corrected chi connectivity index (χ3v) is 7.12. The van der Waals surface area contributed by atoms with E-state index < -0.39 is 29.5 Å². The van der Waals surface area contributed by atoms with Crippen molar-refractivity contribution in [1.82, 2.24) is 14.7 Å². The quantitative estimate of drug-likeness (QED) is 0.350. The number of rotatable bonds is 4. The first-order chi connectivity index (χ1) is 16.8. The van der Waals surface area contributed by atoms with E-state index in [-0.39, 0.29) is 18.7 Å². The van der Waals surface area contributed by atoms with E-state index in [1.807, 2.05) is 6.07 Å². The summed E-state index contributed by atoms with van der Waals surface area (Å²) < 4.78 is 54.8. The summed E-state index contributed by atoms with van der Waals surface area (Å²) in [4.78, 5) is 15.4. The Bertz CT molecular complexity index is 1280. The van der Waals surface area contributed by atoms with E-state index in [1.165, 1.54) is 29.3 Å². The fourth-order valence-electron chi connectivity index (χ4n) is 4.30. The van der Waals surface area contributed by atoms with Crippen LogP contribution >= 0.6 is 22.9 Å². The van der Waals surface area contributed by atoms with E-state index in [2.05, 4.69) is 5.10 Å². The van der Waals surface area contributed by atoms with Crippen molar-refractivity contribution in [3.05, 3.63) is 56.5 Å². The number of fused-ring (bicyclic) bond motifs is 1. The summed E-state index contributed by atoms with van der Waals surface area (Å²) in [5, 5.41) is 3.80. The first-order valence-corrected chi connectivity index (χ1v) is 12.6. The highest BCUT2D eigenvalue weighted by Crippen LogP contribution is 2.46. The minimum absolute atomic E-state index is 0.0458. The highest BCUT2D eigenvalue weighted by molar-refractivity contribution is 7.16. The van der Waals surface area contributed by atoms with Gasteiger partial charge in [0.2, 0.25) is 0 Å². The van der Waals surface area contributed by atoms with Gasteiger partial charge in [-0.05, 0) is 62.6 Å². The zero-order valence-electron chi connectivity index (χ0n) is 20.6. The Morgan fingerprint density at radius 3 is 2.53 bits per heavy atom. The van der Waals surface area contributed by atoms with Crippen LogP contribution in [0.3, 0.4) is 0 Å². The number of methoxy groups -OCH3 is 1. The molecule has 194 valence electrons. The number of hydrogen-bond acceptors (Lipinski definition) is 5. The maximum atomic E-state index is 14.0. The zero-order valence-corrected chi connectivity index (χ0v) is 22.1. The van der Waals surface area contributed by atoms with Crippen molar-refractivity contribution in [2.24, 2.45) is 0 Å². The number of hydrogen-bond donors (Lipinski definition) is 0. The molecule has 6 nitrogen and oxygen atoms in total. The van der Waals surface area contributed by atoms with Gasteiger partial charge in [0.25, 0.3) is 0 Å². The molecule has 0 saturated carbocycles. The number of ether oxygens (including phenoxy) is 2. The fourth-order valence-corrected chi connectivity index (χ4v) is 5.66. The topological polar surface area (TPSA) is 56.6 Å². The van der Waals surface area contributed by atoms with Gasteiger partial charge in [0.15, 0.2) is 5.69 Å². The molecule has 2 aromatic heterocycles. The molecule has 0 bridgehead atoms. The number of benzene rings is 1. The number of amides is 1. The number of alkyl halides is 3. The SMILES string of the molecule is CCn1cc(-c2cc(OC)ccc2C2CN(C(=O)OC(C)(C)C)Cc3sc(Cl)cc32)c(C(F)(F)F)n1. The summed E-state index contributed by atoms with van der Waals surface area (Å²) in [6.45, 7) is 7.89. The Hall–Kier alpha value is -2.72. The molecule has 1 aliphatic heterocycles. The Kier molecular flexibility index (Phi) is 7.04. The molecule has 0 radical (unpaired) electrons. The average molecular weight is 542 g/mol. The lowest BCUT2D eigenvalue weighted by Gasteiger charge is -2.35. The van der Waals surface area contributed by atoms with Crippen LogP contribution in [-0.2, 0) is 24.0 Å². The molecular formula is C25H27ClF3N3O3S. The van der Waals surface area contributed by atoms with E-state index in [0.717, 1.165) is 10.4 Å². The molecule has 0 saturated heterocycles. The van der Waals surface area contributed by atoms with Crippen molar-refractivity contribution in [1.29, 1.82) is 0 Å². The molecule has 0 aliphatic carbocycles. The number of carbonyl (C=O) groups excluding carboxylic acids is 1. The van der Waals surface area contributed by atoms with Crippen LogP contribution in [0, 0.1) is 0 Å². The fraction of sp³-hybridized carbons (Fsp3) is 0.440. The molecule has 1 unspecified atom stereocenters. The molecule has 1 aliphatic rings. The Balaban J connectivity index is 1.88. The van der Waals surface area contributed by atoms with Crippen LogP contribution in [0.4, 0.5) is 18.0 Å². The average Bonchev–Trinajstić information content (AvgIpc) is 3.39. The van der Waals surface area contributed by atoms with E-state index in [1.54, 1.807) is 50.8 Å². The molecule has 0 fully saturated rings. The number of aromatic nitrogens is 2. The lowest BCUT2D eigenvalue weighted by atomic mass is 9.84. The van der Waals surface area contributed by atoms with Gasteiger partial charge in [-0.2, -0.15) is 18.3 Å². The minimum Gasteiger partial charge on any atom is -0.497 e. The van der Waals surface area contributed by atoms with Crippen molar-refractivity contribution in [2.45, 2.75) is 58.5 Å². The number of halogens is 4. The van der Waals surface area contributed by atoms with Gasteiger partial charge in [-0.25, -0.2) is 4.79 Å². The van der Waals surface area contributed by atoms with Crippen LogP contribution in [0.15, 0.2) is 30.5 Å². The lowest BCUT2D eigenvalue weighted by molar-refractivity contribution is -0.141. The highest BCUT2D eigenvalue weighted by Gasteiger charge is 2.40. The summed E-state index contributed by atoms with van der Waals surface area (Å²) in [5.41, 5.74) is 0.124. The van der Waals surface area contributed by atoms with Gasteiger partial charge < -0.3 is 14.4 Å². The van der Waals surface area contributed by atoms with Gasteiger partial charge in [-0.3, -0.25) is 4.68 Å².